The first kappa shape index (κ1) is 13.6. The van der Waals surface area contributed by atoms with Crippen molar-refractivity contribution in [2.75, 3.05) is 18.5 Å². The average Bonchev–Trinajstić information content (AvgIpc) is 2.78. The second-order valence-electron chi connectivity index (χ2n) is 4.47. The van der Waals surface area contributed by atoms with Crippen molar-refractivity contribution in [1.82, 2.24) is 0 Å². The number of nitrogens with one attached hydrogen (secondary N) is 1. The largest absolute Gasteiger partial charge is 0.379 e. The summed E-state index contributed by atoms with van der Waals surface area (Å²) in [6.07, 6.45) is 0.486. The van der Waals surface area contributed by atoms with Crippen LogP contribution in [0.4, 0.5) is 5.69 Å². The van der Waals surface area contributed by atoms with E-state index in [1.54, 1.807) is 12.1 Å². The van der Waals surface area contributed by atoms with Crippen molar-refractivity contribution in [1.29, 1.82) is 0 Å². The van der Waals surface area contributed by atoms with Crippen LogP contribution in [0.25, 0.3) is 0 Å². The maximum atomic E-state index is 12.1. The molecule has 18 heavy (non-hydrogen) atoms. The van der Waals surface area contributed by atoms with Gasteiger partial charge in [0, 0.05) is 6.61 Å². The Kier molecular flexibility index (Phi) is 3.82. The molecule has 1 aromatic rings. The number of anilines is 1. The summed E-state index contributed by atoms with van der Waals surface area (Å²) >= 11 is 12.1. The average molecular weight is 289 g/mol. The van der Waals surface area contributed by atoms with Crippen molar-refractivity contribution in [3.05, 3.63) is 27.7 Å². The van der Waals surface area contributed by atoms with Crippen LogP contribution in [0.1, 0.15) is 12.0 Å². The monoisotopic (exact) mass is 288 g/mol. The number of hydrogen-bond acceptors (Lipinski definition) is 3. The van der Waals surface area contributed by atoms with Crippen LogP contribution in [0.3, 0.4) is 0 Å². The Hall–Kier alpha value is -0.810. The number of carbonyl (C=O) groups excluding carboxylic acids is 1. The molecular weight excluding hydrogens is 275 g/mol. The number of halogens is 2. The Labute approximate surface area is 115 Å². The number of ether oxygens (including phenoxy) is 1. The number of rotatable bonds is 2. The summed E-state index contributed by atoms with van der Waals surface area (Å²) in [6, 6.07) is 3.48. The summed E-state index contributed by atoms with van der Waals surface area (Å²) in [5.41, 5.74) is 6.20. The molecular formula is C12H14Cl2N2O2. The molecule has 2 rings (SSSR count). The molecule has 0 aromatic heterocycles. The topological polar surface area (TPSA) is 64.4 Å². The number of carbonyl (C=O) groups is 1. The Morgan fingerprint density at radius 2 is 2.22 bits per heavy atom. The Balaban J connectivity index is 2.24. The van der Waals surface area contributed by atoms with E-state index in [4.69, 9.17) is 33.7 Å². The van der Waals surface area contributed by atoms with E-state index in [-0.39, 0.29) is 12.5 Å². The predicted molar refractivity (Wildman–Crippen MR) is 72.2 cm³/mol. The van der Waals surface area contributed by atoms with Gasteiger partial charge in [0.15, 0.2) is 0 Å². The molecule has 1 heterocycles. The van der Waals surface area contributed by atoms with Gasteiger partial charge >= 0.3 is 0 Å². The third kappa shape index (κ3) is 2.47. The van der Waals surface area contributed by atoms with Gasteiger partial charge in [-0.1, -0.05) is 29.3 Å². The lowest BCUT2D eigenvalue weighted by molar-refractivity contribution is -0.121. The lowest BCUT2D eigenvalue weighted by Gasteiger charge is -2.21. The van der Waals surface area contributed by atoms with Crippen molar-refractivity contribution in [3.63, 3.8) is 0 Å². The van der Waals surface area contributed by atoms with Gasteiger partial charge in [-0.25, -0.2) is 0 Å². The van der Waals surface area contributed by atoms with E-state index in [1.165, 1.54) is 0 Å². The fourth-order valence-electron chi connectivity index (χ4n) is 1.77. The zero-order valence-electron chi connectivity index (χ0n) is 9.93. The minimum atomic E-state index is -1.00. The van der Waals surface area contributed by atoms with Crippen molar-refractivity contribution in [2.24, 2.45) is 5.73 Å². The summed E-state index contributed by atoms with van der Waals surface area (Å²) in [5.74, 6) is -0.325. The molecule has 0 spiro atoms. The summed E-state index contributed by atoms with van der Waals surface area (Å²) in [5, 5.41) is 3.51. The Morgan fingerprint density at radius 1 is 1.50 bits per heavy atom. The minimum absolute atomic E-state index is 0.208. The van der Waals surface area contributed by atoms with E-state index in [0.717, 1.165) is 5.56 Å². The van der Waals surface area contributed by atoms with Crippen molar-refractivity contribution in [3.8, 4) is 0 Å². The van der Waals surface area contributed by atoms with Gasteiger partial charge in [0.05, 0.1) is 22.3 Å². The number of aryl methyl sites for hydroxylation is 1. The summed E-state index contributed by atoms with van der Waals surface area (Å²) in [7, 11) is 0. The Bertz CT molecular complexity index is 485. The summed E-state index contributed by atoms with van der Waals surface area (Å²) in [4.78, 5) is 12.1. The maximum absolute atomic E-state index is 12.1. The van der Waals surface area contributed by atoms with Gasteiger partial charge in [-0.15, -0.1) is 0 Å². The van der Waals surface area contributed by atoms with E-state index in [0.29, 0.717) is 28.8 Å². The van der Waals surface area contributed by atoms with Gasteiger partial charge in [-0.05, 0) is 25.0 Å². The zero-order valence-corrected chi connectivity index (χ0v) is 11.4. The van der Waals surface area contributed by atoms with Crippen LogP contribution >= 0.6 is 23.2 Å². The highest BCUT2D eigenvalue weighted by molar-refractivity contribution is 6.40. The molecule has 1 atom stereocenters. The number of nitrogens with two attached hydrogens (primary N) is 1. The number of hydrogen-bond donors (Lipinski definition) is 2. The van der Waals surface area contributed by atoms with Crippen molar-refractivity contribution < 1.29 is 9.53 Å². The first-order valence-electron chi connectivity index (χ1n) is 5.57. The lowest BCUT2D eigenvalue weighted by Crippen LogP contribution is -2.51. The van der Waals surface area contributed by atoms with E-state index in [2.05, 4.69) is 5.32 Å². The van der Waals surface area contributed by atoms with Gasteiger partial charge in [0.2, 0.25) is 5.91 Å². The smallest absolute Gasteiger partial charge is 0.247 e. The quantitative estimate of drug-likeness (QED) is 0.878. The van der Waals surface area contributed by atoms with Crippen LogP contribution in [0, 0.1) is 6.92 Å². The molecule has 1 unspecified atom stereocenters. The highest BCUT2D eigenvalue weighted by Crippen LogP contribution is 2.33. The Morgan fingerprint density at radius 3 is 2.83 bits per heavy atom. The van der Waals surface area contributed by atoms with E-state index in [9.17, 15) is 4.79 Å². The highest BCUT2D eigenvalue weighted by atomic mass is 35.5. The van der Waals surface area contributed by atoms with Gasteiger partial charge < -0.3 is 15.8 Å². The highest BCUT2D eigenvalue weighted by Gasteiger charge is 2.38. The van der Waals surface area contributed by atoms with Gasteiger partial charge in [-0.2, -0.15) is 0 Å². The first-order valence-corrected chi connectivity index (χ1v) is 6.32. The molecule has 1 fully saturated rings. The molecule has 0 saturated carbocycles. The summed E-state index contributed by atoms with van der Waals surface area (Å²) < 4.78 is 5.15. The number of amides is 1. The molecule has 3 N–H and O–H groups in total. The van der Waals surface area contributed by atoms with Crippen molar-refractivity contribution >= 4 is 34.8 Å². The third-order valence-corrected chi connectivity index (χ3v) is 3.83. The SMILES string of the molecule is Cc1ccc(Cl)c(NC(=O)C2(N)CCOC2)c1Cl. The van der Waals surface area contributed by atoms with E-state index >= 15 is 0 Å². The van der Waals surface area contributed by atoms with Crippen LogP contribution < -0.4 is 11.1 Å². The molecule has 1 saturated heterocycles. The second-order valence-corrected chi connectivity index (χ2v) is 5.25. The molecule has 1 aromatic carbocycles. The molecule has 0 radical (unpaired) electrons. The third-order valence-electron chi connectivity index (χ3n) is 3.03. The lowest BCUT2D eigenvalue weighted by atomic mass is 9.99. The number of benzene rings is 1. The molecule has 1 aliphatic rings. The second kappa shape index (κ2) is 5.05. The molecule has 98 valence electrons. The van der Waals surface area contributed by atoms with Crippen LogP contribution in [0.15, 0.2) is 12.1 Å². The first-order chi connectivity index (χ1) is 8.44. The molecule has 6 heteroatoms. The van der Waals surface area contributed by atoms with E-state index < -0.39 is 5.54 Å². The van der Waals surface area contributed by atoms with Gasteiger partial charge in [-0.3, -0.25) is 4.79 Å². The zero-order chi connectivity index (χ0) is 13.3. The standard InChI is InChI=1S/C12H14Cl2N2O2/c1-7-2-3-8(13)10(9(7)14)16-11(17)12(15)4-5-18-6-12/h2-3H,4-6,15H2,1H3,(H,16,17). The molecule has 1 aliphatic heterocycles. The van der Waals surface area contributed by atoms with Gasteiger partial charge in [0.25, 0.3) is 0 Å². The van der Waals surface area contributed by atoms with Crippen LogP contribution in [-0.2, 0) is 9.53 Å². The van der Waals surface area contributed by atoms with Crippen LogP contribution in [0.2, 0.25) is 10.0 Å². The maximum Gasteiger partial charge on any atom is 0.247 e. The minimum Gasteiger partial charge on any atom is -0.379 e. The van der Waals surface area contributed by atoms with Gasteiger partial charge in [0.1, 0.15) is 5.54 Å². The summed E-state index contributed by atoms with van der Waals surface area (Å²) in [6.45, 7) is 2.53. The molecule has 0 bridgehead atoms. The van der Waals surface area contributed by atoms with Crippen LogP contribution in [-0.4, -0.2) is 24.7 Å². The fraction of sp³-hybridized carbons (Fsp3) is 0.417. The normalized spacial score (nSPS) is 23.1. The predicted octanol–water partition coefficient (Wildman–Crippen LogP) is 2.36. The molecule has 1 amide bonds. The van der Waals surface area contributed by atoms with Crippen molar-refractivity contribution in [2.45, 2.75) is 18.9 Å². The molecule has 4 nitrogen and oxygen atoms in total. The fourth-order valence-corrected chi connectivity index (χ4v) is 2.23. The molecule has 0 aliphatic carbocycles. The van der Waals surface area contributed by atoms with E-state index in [1.807, 2.05) is 6.92 Å². The van der Waals surface area contributed by atoms with Crippen LogP contribution in [0.5, 0.6) is 0 Å².